The van der Waals surface area contributed by atoms with Crippen molar-refractivity contribution in [3.8, 4) is 11.4 Å². The number of benzene rings is 2. The van der Waals surface area contributed by atoms with E-state index in [1.54, 1.807) is 12.1 Å². The molecule has 1 amide bonds. The highest BCUT2D eigenvalue weighted by Crippen LogP contribution is 2.22. The van der Waals surface area contributed by atoms with Crippen LogP contribution in [0.3, 0.4) is 0 Å². The van der Waals surface area contributed by atoms with E-state index in [2.05, 4.69) is 43.1 Å². The minimum absolute atomic E-state index is 0.0954. The fourth-order valence-corrected chi connectivity index (χ4v) is 3.17. The molecule has 0 radical (unpaired) electrons. The Morgan fingerprint density at radius 1 is 1.21 bits per heavy atom. The number of aromatic nitrogens is 3. The Balaban J connectivity index is 1.58. The molecule has 1 aromatic heterocycles. The van der Waals surface area contributed by atoms with Crippen LogP contribution in [0.5, 0.6) is 0 Å². The predicted molar refractivity (Wildman–Crippen MR) is 105 cm³/mol. The summed E-state index contributed by atoms with van der Waals surface area (Å²) in [6.45, 7) is 0. The minimum Gasteiger partial charge on any atom is -0.324 e. The third-order valence-corrected chi connectivity index (χ3v) is 5.10. The van der Waals surface area contributed by atoms with Gasteiger partial charge in [-0.25, -0.2) is 4.98 Å². The topological polar surface area (TPSA) is 70.7 Å². The molecule has 0 saturated carbocycles. The lowest BCUT2D eigenvalue weighted by Gasteiger charge is -2.05. The van der Waals surface area contributed by atoms with E-state index < -0.39 is 0 Å². The van der Waals surface area contributed by atoms with Gasteiger partial charge in [0, 0.05) is 14.2 Å². The number of amides is 1. The molecule has 0 unspecified atom stereocenters. The fourth-order valence-electron chi connectivity index (χ4n) is 1.93. The second-order valence-electron chi connectivity index (χ2n) is 4.79. The van der Waals surface area contributed by atoms with Crippen molar-refractivity contribution in [2.45, 2.75) is 5.16 Å². The molecule has 0 aliphatic heterocycles. The van der Waals surface area contributed by atoms with Gasteiger partial charge in [0.15, 0.2) is 5.82 Å². The van der Waals surface area contributed by atoms with Gasteiger partial charge in [0.05, 0.1) is 11.4 Å². The average Bonchev–Trinajstić information content (AvgIpc) is 3.05. The SMILES string of the molecule is O=C(CSc1n[nH]c(-c2ccc(Cl)cc2)n1)Nc1ccccc1I. The normalized spacial score (nSPS) is 10.6. The number of para-hydroxylation sites is 1. The highest BCUT2D eigenvalue weighted by atomic mass is 127. The quantitative estimate of drug-likeness (QED) is 0.427. The van der Waals surface area contributed by atoms with Gasteiger partial charge < -0.3 is 5.32 Å². The molecule has 2 aromatic carbocycles. The number of hydrogen-bond donors (Lipinski definition) is 2. The maximum atomic E-state index is 12.0. The van der Waals surface area contributed by atoms with Crippen LogP contribution >= 0.6 is 46.0 Å². The number of nitrogens with one attached hydrogen (secondary N) is 2. The van der Waals surface area contributed by atoms with Gasteiger partial charge in [-0.3, -0.25) is 9.89 Å². The summed E-state index contributed by atoms with van der Waals surface area (Å²) in [6.07, 6.45) is 0. The summed E-state index contributed by atoms with van der Waals surface area (Å²) in [5.74, 6) is 0.789. The number of thioether (sulfide) groups is 1. The zero-order valence-electron chi connectivity index (χ0n) is 12.3. The van der Waals surface area contributed by atoms with Gasteiger partial charge >= 0.3 is 0 Å². The Morgan fingerprint density at radius 2 is 1.96 bits per heavy atom. The molecule has 3 aromatic rings. The molecular formula is C16H12ClIN4OS. The Bertz CT molecular complexity index is 853. The van der Waals surface area contributed by atoms with Gasteiger partial charge in [0.1, 0.15) is 0 Å². The van der Waals surface area contributed by atoms with E-state index in [-0.39, 0.29) is 11.7 Å². The van der Waals surface area contributed by atoms with Crippen LogP contribution < -0.4 is 5.32 Å². The smallest absolute Gasteiger partial charge is 0.234 e. The molecule has 0 spiro atoms. The van der Waals surface area contributed by atoms with E-state index in [1.165, 1.54) is 11.8 Å². The minimum atomic E-state index is -0.0954. The second kappa shape index (κ2) is 8.00. The largest absolute Gasteiger partial charge is 0.324 e. The van der Waals surface area contributed by atoms with Crippen LogP contribution in [0, 0.1) is 3.57 Å². The Hall–Kier alpha value is -1.58. The molecule has 0 atom stereocenters. The van der Waals surface area contributed by atoms with Crippen LogP contribution in [0.15, 0.2) is 53.7 Å². The number of halogens is 2. The van der Waals surface area contributed by atoms with Gasteiger partial charge in [-0.2, -0.15) is 0 Å². The van der Waals surface area contributed by atoms with Crippen molar-refractivity contribution in [2.75, 3.05) is 11.1 Å². The summed E-state index contributed by atoms with van der Waals surface area (Å²) in [7, 11) is 0. The van der Waals surface area contributed by atoms with Crippen LogP contribution in [-0.2, 0) is 4.79 Å². The molecule has 5 nitrogen and oxygen atoms in total. The third-order valence-electron chi connectivity index (χ3n) is 3.06. The Morgan fingerprint density at radius 3 is 2.71 bits per heavy atom. The Kier molecular flexibility index (Phi) is 5.75. The van der Waals surface area contributed by atoms with Crippen molar-refractivity contribution >= 4 is 57.5 Å². The maximum absolute atomic E-state index is 12.0. The van der Waals surface area contributed by atoms with Crippen LogP contribution in [0.25, 0.3) is 11.4 Å². The first-order valence-electron chi connectivity index (χ1n) is 6.97. The van der Waals surface area contributed by atoms with Gasteiger partial charge in [-0.05, 0) is 59.0 Å². The summed E-state index contributed by atoms with van der Waals surface area (Å²) in [4.78, 5) is 16.4. The van der Waals surface area contributed by atoms with E-state index in [0.717, 1.165) is 14.8 Å². The highest BCUT2D eigenvalue weighted by molar-refractivity contribution is 14.1. The number of anilines is 1. The van der Waals surface area contributed by atoms with Crippen molar-refractivity contribution in [1.29, 1.82) is 0 Å². The standard InChI is InChI=1S/C16H12ClIN4OS/c17-11-7-5-10(6-8-11)15-20-16(22-21-15)24-9-14(23)19-13-4-2-1-3-12(13)18/h1-8H,9H2,(H,19,23)(H,20,21,22). The molecule has 122 valence electrons. The number of H-pyrrole nitrogens is 1. The monoisotopic (exact) mass is 470 g/mol. The lowest BCUT2D eigenvalue weighted by molar-refractivity contribution is -0.113. The molecule has 1 heterocycles. The van der Waals surface area contributed by atoms with Crippen molar-refractivity contribution in [3.63, 3.8) is 0 Å². The molecule has 2 N–H and O–H groups in total. The Labute approximate surface area is 161 Å². The van der Waals surface area contributed by atoms with Crippen LogP contribution in [0.4, 0.5) is 5.69 Å². The number of rotatable bonds is 5. The summed E-state index contributed by atoms with van der Waals surface area (Å²) in [6, 6.07) is 14.9. The van der Waals surface area contributed by atoms with Gasteiger partial charge in [0.25, 0.3) is 0 Å². The van der Waals surface area contributed by atoms with E-state index in [0.29, 0.717) is 16.0 Å². The lowest BCUT2D eigenvalue weighted by Crippen LogP contribution is -2.14. The van der Waals surface area contributed by atoms with Crippen molar-refractivity contribution in [2.24, 2.45) is 0 Å². The van der Waals surface area contributed by atoms with Gasteiger partial charge in [0.2, 0.25) is 11.1 Å². The zero-order valence-corrected chi connectivity index (χ0v) is 16.0. The first kappa shape index (κ1) is 17.2. The third kappa shape index (κ3) is 4.49. The highest BCUT2D eigenvalue weighted by Gasteiger charge is 2.10. The number of carbonyl (C=O) groups excluding carboxylic acids is 1. The molecule has 0 fully saturated rings. The van der Waals surface area contributed by atoms with E-state index >= 15 is 0 Å². The number of nitrogens with zero attached hydrogens (tertiary/aromatic N) is 2. The molecule has 0 saturated heterocycles. The molecule has 0 bridgehead atoms. The van der Waals surface area contributed by atoms with E-state index in [4.69, 9.17) is 11.6 Å². The molecule has 0 aliphatic carbocycles. The van der Waals surface area contributed by atoms with E-state index in [9.17, 15) is 4.79 Å². The summed E-state index contributed by atoms with van der Waals surface area (Å²) in [5, 5.41) is 11.1. The number of hydrogen-bond acceptors (Lipinski definition) is 4. The number of aromatic amines is 1. The molecule has 0 aliphatic rings. The maximum Gasteiger partial charge on any atom is 0.234 e. The predicted octanol–water partition coefficient (Wildman–Crippen LogP) is 4.46. The van der Waals surface area contributed by atoms with Gasteiger partial charge in [-0.15, -0.1) is 5.10 Å². The second-order valence-corrected chi connectivity index (χ2v) is 7.33. The molecule has 8 heteroatoms. The molecule has 3 rings (SSSR count). The molecular weight excluding hydrogens is 459 g/mol. The van der Waals surface area contributed by atoms with Crippen LogP contribution in [-0.4, -0.2) is 26.8 Å². The first-order chi connectivity index (χ1) is 11.6. The van der Waals surface area contributed by atoms with Crippen molar-refractivity contribution in [3.05, 3.63) is 57.1 Å². The lowest BCUT2D eigenvalue weighted by atomic mass is 10.2. The fraction of sp³-hybridized carbons (Fsp3) is 0.0625. The van der Waals surface area contributed by atoms with Gasteiger partial charge in [-0.1, -0.05) is 35.5 Å². The first-order valence-corrected chi connectivity index (χ1v) is 9.41. The number of carbonyl (C=O) groups is 1. The van der Waals surface area contributed by atoms with Crippen molar-refractivity contribution < 1.29 is 4.79 Å². The van der Waals surface area contributed by atoms with E-state index in [1.807, 2.05) is 36.4 Å². The van der Waals surface area contributed by atoms with Crippen LogP contribution in [0.2, 0.25) is 5.02 Å². The summed E-state index contributed by atoms with van der Waals surface area (Å²) in [5.41, 5.74) is 1.70. The average molecular weight is 471 g/mol. The summed E-state index contributed by atoms with van der Waals surface area (Å²) >= 11 is 9.33. The zero-order chi connectivity index (χ0) is 16.9. The van der Waals surface area contributed by atoms with Crippen LogP contribution in [0.1, 0.15) is 0 Å². The van der Waals surface area contributed by atoms with Crippen molar-refractivity contribution in [1.82, 2.24) is 15.2 Å². The molecule has 24 heavy (non-hydrogen) atoms. The summed E-state index contributed by atoms with van der Waals surface area (Å²) < 4.78 is 0.997.